The third-order valence-electron chi connectivity index (χ3n) is 2.97. The number of rotatable bonds is 3. The highest BCUT2D eigenvalue weighted by molar-refractivity contribution is 6.31. The van der Waals surface area contributed by atoms with Crippen molar-refractivity contribution in [2.45, 2.75) is 6.10 Å². The second-order valence-corrected chi connectivity index (χ2v) is 4.72. The van der Waals surface area contributed by atoms with Crippen molar-refractivity contribution in [2.75, 3.05) is 11.9 Å². The molecule has 20 heavy (non-hydrogen) atoms. The molecular formula is C15H13ClFNO2. The minimum atomic E-state index is -1.27. The lowest BCUT2D eigenvalue weighted by Gasteiger charge is -2.21. The average Bonchev–Trinajstić information content (AvgIpc) is 2.48. The predicted molar refractivity (Wildman–Crippen MR) is 76.2 cm³/mol. The van der Waals surface area contributed by atoms with Crippen LogP contribution in [0.15, 0.2) is 48.5 Å². The van der Waals surface area contributed by atoms with E-state index < -0.39 is 17.8 Å². The molecule has 0 saturated carbocycles. The number of hydrogen-bond donors (Lipinski definition) is 1. The molecule has 1 unspecified atom stereocenters. The van der Waals surface area contributed by atoms with Crippen molar-refractivity contribution in [3.8, 4) is 0 Å². The zero-order valence-electron chi connectivity index (χ0n) is 10.8. The highest BCUT2D eigenvalue weighted by atomic mass is 35.5. The predicted octanol–water partition coefficient (Wildman–Crippen LogP) is 3.18. The largest absolute Gasteiger partial charge is 0.378 e. The molecule has 0 bridgehead atoms. The maximum absolute atomic E-state index is 13.1. The molecule has 2 aromatic rings. The number of nitrogens with zero attached hydrogens (tertiary/aromatic N) is 1. The van der Waals surface area contributed by atoms with Crippen LogP contribution in [0, 0.1) is 5.82 Å². The summed E-state index contributed by atoms with van der Waals surface area (Å²) in [5.74, 6) is -1.07. The first kappa shape index (κ1) is 14.5. The van der Waals surface area contributed by atoms with Gasteiger partial charge in [0.2, 0.25) is 0 Å². The van der Waals surface area contributed by atoms with Crippen molar-refractivity contribution in [3.63, 3.8) is 0 Å². The topological polar surface area (TPSA) is 40.5 Å². The summed E-state index contributed by atoms with van der Waals surface area (Å²) in [5, 5.41) is 9.97. The summed E-state index contributed by atoms with van der Waals surface area (Å²) in [6.45, 7) is 0. The normalized spacial score (nSPS) is 12.0. The van der Waals surface area contributed by atoms with E-state index in [0.29, 0.717) is 11.3 Å². The van der Waals surface area contributed by atoms with Gasteiger partial charge in [-0.2, -0.15) is 0 Å². The fourth-order valence-electron chi connectivity index (χ4n) is 1.78. The van der Waals surface area contributed by atoms with E-state index in [1.54, 1.807) is 30.3 Å². The minimum absolute atomic E-state index is 0.0728. The van der Waals surface area contributed by atoms with Gasteiger partial charge in [0.05, 0.1) is 5.02 Å². The van der Waals surface area contributed by atoms with Gasteiger partial charge in [-0.3, -0.25) is 4.79 Å². The zero-order chi connectivity index (χ0) is 14.7. The van der Waals surface area contributed by atoms with Gasteiger partial charge in [0.15, 0.2) is 6.10 Å². The molecule has 0 heterocycles. The highest BCUT2D eigenvalue weighted by Crippen LogP contribution is 2.24. The Morgan fingerprint density at radius 2 is 1.90 bits per heavy atom. The molecule has 1 atom stereocenters. The van der Waals surface area contributed by atoms with Crippen molar-refractivity contribution in [1.29, 1.82) is 0 Å². The van der Waals surface area contributed by atoms with Gasteiger partial charge in [-0.1, -0.05) is 41.9 Å². The van der Waals surface area contributed by atoms with Crippen LogP contribution in [0.25, 0.3) is 0 Å². The van der Waals surface area contributed by atoms with Gasteiger partial charge in [-0.25, -0.2) is 4.39 Å². The van der Waals surface area contributed by atoms with Crippen molar-refractivity contribution >= 4 is 23.2 Å². The third kappa shape index (κ3) is 2.98. The van der Waals surface area contributed by atoms with Gasteiger partial charge in [0.25, 0.3) is 5.91 Å². The summed E-state index contributed by atoms with van der Waals surface area (Å²) in [4.78, 5) is 13.4. The smallest absolute Gasteiger partial charge is 0.260 e. The van der Waals surface area contributed by atoms with Crippen LogP contribution in [0.2, 0.25) is 5.02 Å². The molecule has 1 amide bonds. The lowest BCUT2D eigenvalue weighted by molar-refractivity contribution is -0.126. The first-order valence-corrected chi connectivity index (χ1v) is 6.34. The fraction of sp³-hybridized carbons (Fsp3) is 0.133. The summed E-state index contributed by atoms with van der Waals surface area (Å²) >= 11 is 5.68. The average molecular weight is 294 g/mol. The summed E-state index contributed by atoms with van der Waals surface area (Å²) in [5.41, 5.74) is 0.911. The number of carbonyl (C=O) groups is 1. The molecule has 0 aromatic heterocycles. The number of amides is 1. The SMILES string of the molecule is CN(C(=O)C(O)c1ccccc1)c1ccc(F)c(Cl)c1. The Kier molecular flexibility index (Phi) is 4.37. The van der Waals surface area contributed by atoms with Crippen molar-refractivity contribution in [2.24, 2.45) is 0 Å². The Hall–Kier alpha value is -1.91. The summed E-state index contributed by atoms with van der Waals surface area (Å²) in [7, 11) is 1.50. The van der Waals surface area contributed by atoms with E-state index in [4.69, 9.17) is 11.6 Å². The zero-order valence-corrected chi connectivity index (χ0v) is 11.5. The van der Waals surface area contributed by atoms with Gasteiger partial charge < -0.3 is 10.0 Å². The molecule has 0 aliphatic carbocycles. The maximum Gasteiger partial charge on any atom is 0.260 e. The van der Waals surface area contributed by atoms with Gasteiger partial charge >= 0.3 is 0 Å². The van der Waals surface area contributed by atoms with E-state index in [2.05, 4.69) is 0 Å². The number of benzene rings is 2. The molecule has 2 rings (SSSR count). The van der Waals surface area contributed by atoms with Crippen LogP contribution in [0.4, 0.5) is 10.1 Å². The van der Waals surface area contributed by atoms with Crippen LogP contribution in [0.3, 0.4) is 0 Å². The monoisotopic (exact) mass is 293 g/mol. The second-order valence-electron chi connectivity index (χ2n) is 4.31. The Balaban J connectivity index is 2.22. The van der Waals surface area contributed by atoms with Crippen molar-refractivity contribution < 1.29 is 14.3 Å². The van der Waals surface area contributed by atoms with Gasteiger partial charge in [0.1, 0.15) is 5.82 Å². The first-order chi connectivity index (χ1) is 9.50. The summed E-state index contributed by atoms with van der Waals surface area (Å²) < 4.78 is 13.1. The lowest BCUT2D eigenvalue weighted by Crippen LogP contribution is -2.31. The maximum atomic E-state index is 13.1. The number of carbonyl (C=O) groups excluding carboxylic acids is 1. The molecule has 3 nitrogen and oxygen atoms in total. The van der Waals surface area contributed by atoms with Crippen molar-refractivity contribution in [3.05, 3.63) is 64.9 Å². The van der Waals surface area contributed by atoms with Crippen LogP contribution in [0.1, 0.15) is 11.7 Å². The van der Waals surface area contributed by atoms with E-state index in [0.717, 1.165) is 0 Å². The summed E-state index contributed by atoms with van der Waals surface area (Å²) in [6, 6.07) is 12.5. The fourth-order valence-corrected chi connectivity index (χ4v) is 1.96. The van der Waals surface area contributed by atoms with Crippen LogP contribution >= 0.6 is 11.6 Å². The molecule has 0 aliphatic heterocycles. The molecule has 0 fully saturated rings. The molecule has 0 spiro atoms. The van der Waals surface area contributed by atoms with E-state index in [1.165, 1.54) is 30.1 Å². The molecular weight excluding hydrogens is 281 g/mol. The third-order valence-corrected chi connectivity index (χ3v) is 3.26. The molecule has 2 aromatic carbocycles. The molecule has 0 aliphatic rings. The number of aliphatic hydroxyl groups is 1. The molecule has 0 radical (unpaired) electrons. The van der Waals surface area contributed by atoms with Gasteiger partial charge in [-0.05, 0) is 23.8 Å². The Morgan fingerprint density at radius 1 is 1.25 bits per heavy atom. The Labute approximate surface area is 121 Å². The number of anilines is 1. The van der Waals surface area contributed by atoms with Gasteiger partial charge in [-0.15, -0.1) is 0 Å². The van der Waals surface area contributed by atoms with E-state index in [-0.39, 0.29) is 5.02 Å². The van der Waals surface area contributed by atoms with Crippen molar-refractivity contribution in [1.82, 2.24) is 0 Å². The molecule has 5 heteroatoms. The number of likely N-dealkylation sites (N-methyl/N-ethyl adjacent to an activating group) is 1. The van der Waals surface area contributed by atoms with Gasteiger partial charge in [0, 0.05) is 12.7 Å². The number of hydrogen-bond acceptors (Lipinski definition) is 2. The molecule has 104 valence electrons. The molecule has 1 N–H and O–H groups in total. The highest BCUT2D eigenvalue weighted by Gasteiger charge is 2.22. The molecule has 0 saturated heterocycles. The summed E-state index contributed by atoms with van der Waals surface area (Å²) in [6.07, 6.45) is -1.27. The number of aliphatic hydroxyl groups excluding tert-OH is 1. The van der Waals surface area contributed by atoms with E-state index >= 15 is 0 Å². The van der Waals surface area contributed by atoms with Crippen LogP contribution in [0.5, 0.6) is 0 Å². The van der Waals surface area contributed by atoms with Crippen LogP contribution in [-0.4, -0.2) is 18.1 Å². The standard InChI is InChI=1S/C15H13ClFNO2/c1-18(11-7-8-13(17)12(16)9-11)15(20)14(19)10-5-3-2-4-6-10/h2-9,14,19H,1H3. The first-order valence-electron chi connectivity index (χ1n) is 5.96. The quantitative estimate of drug-likeness (QED) is 0.944. The Morgan fingerprint density at radius 3 is 2.50 bits per heavy atom. The second kappa shape index (κ2) is 6.03. The van der Waals surface area contributed by atoms with Crippen LogP contribution in [-0.2, 0) is 4.79 Å². The number of halogens is 2. The Bertz CT molecular complexity index is 619. The van der Waals surface area contributed by atoms with E-state index in [9.17, 15) is 14.3 Å². The van der Waals surface area contributed by atoms with Crippen LogP contribution < -0.4 is 4.90 Å². The van der Waals surface area contributed by atoms with E-state index in [1.807, 2.05) is 0 Å². The minimum Gasteiger partial charge on any atom is -0.378 e. The lowest BCUT2D eigenvalue weighted by atomic mass is 10.1.